The molecule has 164 valence electrons. The molecule has 31 heavy (non-hydrogen) atoms. The molecular weight excluding hydrogens is 386 g/mol. The Labute approximate surface area is 185 Å². The molecule has 1 fully saturated rings. The van der Waals surface area contributed by atoms with Crippen LogP contribution >= 0.6 is 0 Å². The zero-order valence-electron chi connectivity index (χ0n) is 19.2. The fourth-order valence-electron chi connectivity index (χ4n) is 4.33. The molecule has 2 aliphatic rings. The monoisotopic (exact) mass is 419 g/mol. The molecule has 4 rings (SSSR count). The van der Waals surface area contributed by atoms with Crippen LogP contribution in [0.2, 0.25) is 0 Å². The lowest BCUT2D eigenvalue weighted by atomic mass is 9.84. The molecule has 0 saturated carbocycles. The number of anilines is 1. The van der Waals surface area contributed by atoms with Crippen LogP contribution in [0.4, 0.5) is 10.5 Å². The van der Waals surface area contributed by atoms with Crippen LogP contribution in [-0.4, -0.2) is 29.6 Å². The third-order valence-electron chi connectivity index (χ3n) is 6.34. The van der Waals surface area contributed by atoms with E-state index in [1.807, 2.05) is 17.9 Å². The summed E-state index contributed by atoms with van der Waals surface area (Å²) in [6, 6.07) is 14.6. The molecular formula is C26H33N3O2. The average Bonchev–Trinajstić information content (AvgIpc) is 3.13. The number of aryl methyl sites for hydroxylation is 2. The first-order chi connectivity index (χ1) is 14.7. The highest BCUT2D eigenvalue weighted by Gasteiger charge is 2.40. The molecule has 0 atom stereocenters. The van der Waals surface area contributed by atoms with E-state index in [9.17, 15) is 4.79 Å². The molecule has 5 nitrogen and oxygen atoms in total. The molecule has 0 bridgehead atoms. The number of likely N-dealkylation sites (tertiary alicyclic amines) is 1. The summed E-state index contributed by atoms with van der Waals surface area (Å²) in [5, 5.41) is 3.19. The molecule has 0 aromatic heterocycles. The van der Waals surface area contributed by atoms with Crippen LogP contribution in [0, 0.1) is 13.8 Å². The largest absolute Gasteiger partial charge is 0.324 e. The van der Waals surface area contributed by atoms with E-state index in [4.69, 9.17) is 4.84 Å². The summed E-state index contributed by atoms with van der Waals surface area (Å²) in [4.78, 5) is 21.0. The van der Waals surface area contributed by atoms with E-state index >= 15 is 0 Å². The third-order valence-corrected chi connectivity index (χ3v) is 6.34. The van der Waals surface area contributed by atoms with Gasteiger partial charge < -0.3 is 10.2 Å². The number of carbonyl (C=O) groups excluding carboxylic acids is 1. The highest BCUT2D eigenvalue weighted by molar-refractivity contribution is 5.91. The normalized spacial score (nSPS) is 18.0. The Kier molecular flexibility index (Phi) is 5.56. The Morgan fingerprint density at radius 3 is 2.39 bits per heavy atom. The van der Waals surface area contributed by atoms with Crippen LogP contribution in [-0.2, 0) is 10.3 Å². The van der Waals surface area contributed by atoms with Crippen LogP contribution < -0.4 is 10.8 Å². The summed E-state index contributed by atoms with van der Waals surface area (Å²) in [5.41, 5.74) is 9.26. The molecule has 0 radical (unpaired) electrons. The lowest BCUT2D eigenvalue weighted by Crippen LogP contribution is -2.48. The van der Waals surface area contributed by atoms with Gasteiger partial charge in [0.05, 0.1) is 5.70 Å². The molecule has 5 heteroatoms. The van der Waals surface area contributed by atoms with E-state index in [2.05, 4.69) is 81.0 Å². The Bertz CT molecular complexity index is 994. The van der Waals surface area contributed by atoms with Crippen molar-refractivity contribution in [3.8, 4) is 0 Å². The predicted octanol–water partition coefficient (Wildman–Crippen LogP) is 5.54. The highest BCUT2D eigenvalue weighted by Crippen LogP contribution is 2.36. The summed E-state index contributed by atoms with van der Waals surface area (Å²) in [6.45, 7) is 12.0. The number of hydrogen-bond donors (Lipinski definition) is 2. The van der Waals surface area contributed by atoms with Crippen molar-refractivity contribution < 1.29 is 9.63 Å². The van der Waals surface area contributed by atoms with Crippen LogP contribution in [0.1, 0.15) is 55.9 Å². The lowest BCUT2D eigenvalue weighted by Gasteiger charge is -2.37. The van der Waals surface area contributed by atoms with E-state index in [1.165, 1.54) is 5.56 Å². The van der Waals surface area contributed by atoms with Crippen molar-refractivity contribution in [1.29, 1.82) is 0 Å². The van der Waals surface area contributed by atoms with Gasteiger partial charge in [-0.15, -0.1) is 0 Å². The Morgan fingerprint density at radius 2 is 1.74 bits per heavy atom. The highest BCUT2D eigenvalue weighted by atomic mass is 16.7. The summed E-state index contributed by atoms with van der Waals surface area (Å²) < 4.78 is 0. The molecule has 0 unspecified atom stereocenters. The fourth-order valence-corrected chi connectivity index (χ4v) is 4.33. The summed E-state index contributed by atoms with van der Waals surface area (Å²) in [6.07, 6.45) is 3.72. The van der Waals surface area contributed by atoms with Crippen molar-refractivity contribution in [2.24, 2.45) is 0 Å². The quantitative estimate of drug-likeness (QED) is 0.672. The number of carbonyl (C=O) groups is 1. The maximum absolute atomic E-state index is 13.1. The number of piperidine rings is 1. The fraction of sp³-hybridized carbons (Fsp3) is 0.423. The van der Waals surface area contributed by atoms with Crippen molar-refractivity contribution in [2.75, 3.05) is 18.4 Å². The van der Waals surface area contributed by atoms with Crippen molar-refractivity contribution in [2.45, 2.75) is 58.5 Å². The van der Waals surface area contributed by atoms with Crippen LogP contribution in [0.3, 0.4) is 0 Å². The van der Waals surface area contributed by atoms with Gasteiger partial charge in [-0.25, -0.2) is 4.79 Å². The first-order valence-corrected chi connectivity index (χ1v) is 11.1. The topological polar surface area (TPSA) is 53.6 Å². The van der Waals surface area contributed by atoms with Crippen molar-refractivity contribution in [1.82, 2.24) is 10.4 Å². The lowest BCUT2D eigenvalue weighted by molar-refractivity contribution is -0.0634. The summed E-state index contributed by atoms with van der Waals surface area (Å²) in [5.74, 6) is 0. The van der Waals surface area contributed by atoms with Gasteiger partial charge >= 0.3 is 6.03 Å². The van der Waals surface area contributed by atoms with Gasteiger partial charge in [0, 0.05) is 31.6 Å². The SMILES string of the molecule is Cc1ccc(C2=CC3(CCN(C(=O)Nc4c(C)cccc4C(C)(C)C)CC3)ON2)cc1. The Hall–Kier alpha value is -2.79. The second-order valence-electron chi connectivity index (χ2n) is 9.86. The van der Waals surface area contributed by atoms with Crippen LogP contribution in [0.15, 0.2) is 48.5 Å². The first kappa shape index (κ1) is 21.4. The number of hydroxylamine groups is 1. The zero-order chi connectivity index (χ0) is 22.2. The molecule has 0 aliphatic carbocycles. The van der Waals surface area contributed by atoms with Gasteiger partial charge in [-0.3, -0.25) is 10.3 Å². The van der Waals surface area contributed by atoms with Gasteiger partial charge in [0.1, 0.15) is 5.60 Å². The molecule has 1 spiro atoms. The second-order valence-corrected chi connectivity index (χ2v) is 9.86. The Morgan fingerprint density at radius 1 is 1.06 bits per heavy atom. The number of urea groups is 1. The maximum atomic E-state index is 13.1. The van der Waals surface area contributed by atoms with Crippen molar-refractivity contribution in [3.63, 3.8) is 0 Å². The van der Waals surface area contributed by atoms with Gasteiger partial charge in [0.2, 0.25) is 0 Å². The van der Waals surface area contributed by atoms with Gasteiger partial charge in [0.15, 0.2) is 0 Å². The number of para-hydroxylation sites is 1. The minimum atomic E-state index is -0.351. The molecule has 2 amide bonds. The van der Waals surface area contributed by atoms with Crippen LogP contribution in [0.25, 0.3) is 5.70 Å². The summed E-state index contributed by atoms with van der Waals surface area (Å²) in [7, 11) is 0. The van der Waals surface area contributed by atoms with Gasteiger partial charge in [-0.05, 0) is 42.0 Å². The van der Waals surface area contributed by atoms with Gasteiger partial charge in [-0.2, -0.15) is 0 Å². The van der Waals surface area contributed by atoms with Gasteiger partial charge in [-0.1, -0.05) is 68.8 Å². The maximum Gasteiger partial charge on any atom is 0.321 e. The van der Waals surface area contributed by atoms with E-state index in [0.29, 0.717) is 13.1 Å². The van der Waals surface area contributed by atoms with E-state index in [-0.39, 0.29) is 17.0 Å². The summed E-state index contributed by atoms with van der Waals surface area (Å²) >= 11 is 0. The van der Waals surface area contributed by atoms with Crippen LogP contribution in [0.5, 0.6) is 0 Å². The number of nitrogens with one attached hydrogen (secondary N) is 2. The number of amides is 2. The Balaban J connectivity index is 1.43. The van der Waals surface area contributed by atoms with E-state index < -0.39 is 0 Å². The number of benzene rings is 2. The average molecular weight is 420 g/mol. The van der Waals surface area contributed by atoms with Crippen molar-refractivity contribution >= 4 is 17.4 Å². The molecule has 2 aromatic rings. The van der Waals surface area contributed by atoms with Gasteiger partial charge in [0.25, 0.3) is 0 Å². The number of nitrogens with zero attached hydrogens (tertiary/aromatic N) is 1. The third kappa shape index (κ3) is 4.47. The molecule has 1 saturated heterocycles. The number of rotatable bonds is 2. The second kappa shape index (κ2) is 8.04. The smallest absolute Gasteiger partial charge is 0.321 e. The van der Waals surface area contributed by atoms with Crippen molar-refractivity contribution in [3.05, 3.63) is 70.8 Å². The molecule has 2 aliphatic heterocycles. The first-order valence-electron chi connectivity index (χ1n) is 11.1. The molecule has 2 heterocycles. The minimum absolute atomic E-state index is 0.0386. The van der Waals surface area contributed by atoms with E-state index in [0.717, 1.165) is 40.9 Å². The standard InChI is InChI=1S/C26H33N3O2/c1-18-9-11-20(12-10-18)22-17-26(31-28-22)13-15-29(16-14-26)24(30)27-23-19(2)7-6-8-21(23)25(3,4)5/h6-12,17,28H,13-16H2,1-5H3,(H,27,30). The number of hydrogen-bond acceptors (Lipinski definition) is 3. The minimum Gasteiger partial charge on any atom is -0.324 e. The van der Waals surface area contributed by atoms with E-state index in [1.54, 1.807) is 0 Å². The molecule has 2 N–H and O–H groups in total. The zero-order valence-corrected chi connectivity index (χ0v) is 19.2. The molecule has 2 aromatic carbocycles. The predicted molar refractivity (Wildman–Crippen MR) is 126 cm³/mol.